The zero-order valence-corrected chi connectivity index (χ0v) is 18.5. The molecule has 0 atom stereocenters. The molecule has 1 aliphatic rings. The van der Waals surface area contributed by atoms with Gasteiger partial charge in [-0.25, -0.2) is 65.9 Å². The predicted octanol–water partition coefficient (Wildman–Crippen LogP) is 5.09. The fraction of sp³-hybridized carbons (Fsp3) is 0.182. The van der Waals surface area contributed by atoms with E-state index >= 15 is 0 Å². The molecule has 210 valence electrons. The van der Waals surface area contributed by atoms with Gasteiger partial charge in [-0.15, -0.1) is 0 Å². The molecule has 0 unspecified atom stereocenters. The van der Waals surface area contributed by atoms with Crippen LogP contribution in [0, 0.1) is 87.3 Å². The highest BCUT2D eigenvalue weighted by molar-refractivity contribution is 6.95. The third-order valence-corrected chi connectivity index (χ3v) is 5.42. The smallest absolute Gasteiger partial charge is 0.265 e. The van der Waals surface area contributed by atoms with Crippen LogP contribution in [-0.4, -0.2) is 19.9 Å². The molecule has 0 aromatic heterocycles. The van der Waals surface area contributed by atoms with Gasteiger partial charge in [-0.1, -0.05) is 0 Å². The summed E-state index contributed by atoms with van der Waals surface area (Å²) in [4.78, 5) is 0. The number of halogens is 15. The standard InChI is InChI=1S/C18BF15.C4H8O/c20-4-1(5(21)11(27)16(32)10(4)26)19(2-6(22)12(28)17(33)13(29)7(2)23)3-8(24)14(30)18(34)15(31)9(3)25;1-2-4-5-3-1/h;1-4H2. The summed E-state index contributed by atoms with van der Waals surface area (Å²) in [5.74, 6) is -45.2. The first kappa shape index (κ1) is 30.2. The highest BCUT2D eigenvalue weighted by Crippen LogP contribution is 2.23. The van der Waals surface area contributed by atoms with E-state index in [0.29, 0.717) is 0 Å². The third kappa shape index (κ3) is 5.03. The number of rotatable bonds is 3. The zero-order chi connectivity index (χ0) is 29.5. The average molecular weight is 584 g/mol. The van der Waals surface area contributed by atoms with Crippen molar-refractivity contribution in [3.05, 3.63) is 87.3 Å². The van der Waals surface area contributed by atoms with Crippen LogP contribution in [-0.2, 0) is 4.74 Å². The van der Waals surface area contributed by atoms with Crippen LogP contribution in [0.2, 0.25) is 0 Å². The lowest BCUT2D eigenvalue weighted by Crippen LogP contribution is -2.60. The van der Waals surface area contributed by atoms with E-state index in [1.54, 1.807) is 0 Å². The summed E-state index contributed by atoms with van der Waals surface area (Å²) in [6.07, 6.45) is 2.56. The Balaban J connectivity index is 0.000000753. The molecule has 0 radical (unpaired) electrons. The minimum Gasteiger partial charge on any atom is -0.381 e. The van der Waals surface area contributed by atoms with Crippen LogP contribution in [0.1, 0.15) is 12.8 Å². The van der Waals surface area contributed by atoms with Gasteiger partial charge in [0.25, 0.3) is 6.71 Å². The quantitative estimate of drug-likeness (QED) is 0.181. The molecule has 3 aromatic rings. The van der Waals surface area contributed by atoms with E-state index in [4.69, 9.17) is 4.74 Å². The molecule has 0 N–H and O–H groups in total. The van der Waals surface area contributed by atoms with Gasteiger partial charge in [-0.05, 0) is 12.8 Å². The molecule has 0 bridgehead atoms. The SMILES string of the molecule is C1CCOC1.Fc1c(F)c(F)c(B(c2c(F)c(F)c(F)c(F)c2F)c2c(F)c(F)c(F)c(F)c2F)c(F)c1F. The first-order valence-electron chi connectivity index (χ1n) is 10.3. The topological polar surface area (TPSA) is 9.23 Å². The number of ether oxygens (including phenoxy) is 1. The van der Waals surface area contributed by atoms with Crippen molar-refractivity contribution in [3.63, 3.8) is 0 Å². The van der Waals surface area contributed by atoms with E-state index < -0.39 is 110 Å². The average Bonchev–Trinajstić information content (AvgIpc) is 3.51. The van der Waals surface area contributed by atoms with Crippen molar-refractivity contribution in [2.75, 3.05) is 13.2 Å². The van der Waals surface area contributed by atoms with Crippen molar-refractivity contribution in [1.82, 2.24) is 0 Å². The van der Waals surface area contributed by atoms with Crippen LogP contribution in [0.4, 0.5) is 65.9 Å². The van der Waals surface area contributed by atoms with E-state index in [1.807, 2.05) is 0 Å². The van der Waals surface area contributed by atoms with Gasteiger partial charge in [0.1, 0.15) is 0 Å². The van der Waals surface area contributed by atoms with Gasteiger partial charge in [0.2, 0.25) is 0 Å². The molecule has 0 amide bonds. The summed E-state index contributed by atoms with van der Waals surface area (Å²) in [7, 11) is 0. The maximum Gasteiger partial charge on any atom is 0.265 e. The zero-order valence-electron chi connectivity index (χ0n) is 18.5. The minimum atomic E-state index is -3.96. The second-order valence-corrected chi connectivity index (χ2v) is 7.70. The Kier molecular flexibility index (Phi) is 8.82. The van der Waals surface area contributed by atoms with Crippen LogP contribution in [0.15, 0.2) is 0 Å². The van der Waals surface area contributed by atoms with Gasteiger partial charge in [0, 0.05) is 29.6 Å². The lowest BCUT2D eigenvalue weighted by atomic mass is 9.36. The van der Waals surface area contributed by atoms with Crippen LogP contribution in [0.5, 0.6) is 0 Å². The Morgan fingerprint density at radius 1 is 0.308 bits per heavy atom. The second-order valence-electron chi connectivity index (χ2n) is 7.70. The van der Waals surface area contributed by atoms with Gasteiger partial charge in [-0.2, -0.15) is 0 Å². The summed E-state index contributed by atoms with van der Waals surface area (Å²) in [5.41, 5.74) is -8.03. The van der Waals surface area contributed by atoms with Gasteiger partial charge < -0.3 is 4.74 Å². The maximum atomic E-state index is 14.4. The molecule has 1 aliphatic heterocycles. The Labute approximate surface area is 207 Å². The first-order valence-corrected chi connectivity index (χ1v) is 10.3. The highest BCUT2D eigenvalue weighted by Gasteiger charge is 2.45. The fourth-order valence-corrected chi connectivity index (χ4v) is 3.57. The molecule has 1 fully saturated rings. The number of benzene rings is 3. The van der Waals surface area contributed by atoms with E-state index in [0.717, 1.165) is 13.2 Å². The summed E-state index contributed by atoms with van der Waals surface area (Å²) >= 11 is 0. The number of hydrogen-bond donors (Lipinski definition) is 0. The molecule has 39 heavy (non-hydrogen) atoms. The molecule has 0 spiro atoms. The van der Waals surface area contributed by atoms with Crippen LogP contribution in [0.3, 0.4) is 0 Å². The van der Waals surface area contributed by atoms with Gasteiger partial charge >= 0.3 is 0 Å². The Hall–Kier alpha value is -3.37. The van der Waals surface area contributed by atoms with Crippen LogP contribution < -0.4 is 16.4 Å². The molecule has 4 rings (SSSR count). The molecule has 0 saturated carbocycles. The van der Waals surface area contributed by atoms with Crippen molar-refractivity contribution in [2.24, 2.45) is 0 Å². The predicted molar refractivity (Wildman–Crippen MR) is 103 cm³/mol. The molecule has 1 saturated heterocycles. The Morgan fingerprint density at radius 3 is 0.641 bits per heavy atom. The van der Waals surface area contributed by atoms with Gasteiger partial charge in [-0.3, -0.25) is 0 Å². The van der Waals surface area contributed by atoms with Crippen molar-refractivity contribution >= 4 is 23.1 Å². The van der Waals surface area contributed by atoms with Gasteiger partial charge in [0.15, 0.2) is 87.3 Å². The van der Waals surface area contributed by atoms with Crippen molar-refractivity contribution < 1.29 is 70.6 Å². The molecular weight excluding hydrogens is 576 g/mol. The fourth-order valence-electron chi connectivity index (χ4n) is 3.57. The molecule has 1 nitrogen and oxygen atoms in total. The molecule has 17 heteroatoms. The molecule has 0 aliphatic carbocycles. The van der Waals surface area contributed by atoms with Crippen LogP contribution >= 0.6 is 0 Å². The molecule has 1 heterocycles. The Bertz CT molecular complexity index is 1190. The summed E-state index contributed by atoms with van der Waals surface area (Å²) in [6, 6.07) is 0. The summed E-state index contributed by atoms with van der Waals surface area (Å²) in [6.45, 7) is -1.96. The second kappa shape index (κ2) is 11.4. The van der Waals surface area contributed by atoms with E-state index in [9.17, 15) is 65.9 Å². The molecular formula is C22H8BF15O. The van der Waals surface area contributed by atoms with Crippen LogP contribution in [0.25, 0.3) is 0 Å². The lowest BCUT2D eigenvalue weighted by molar-refractivity contribution is 0.198. The Morgan fingerprint density at radius 2 is 0.487 bits per heavy atom. The van der Waals surface area contributed by atoms with E-state index in [-0.39, 0.29) is 0 Å². The van der Waals surface area contributed by atoms with E-state index in [2.05, 4.69) is 0 Å². The third-order valence-electron chi connectivity index (χ3n) is 5.42. The molecule has 3 aromatic carbocycles. The summed E-state index contributed by atoms with van der Waals surface area (Å²) in [5, 5.41) is 0. The highest BCUT2D eigenvalue weighted by atomic mass is 19.2. The lowest BCUT2D eigenvalue weighted by Gasteiger charge is -2.21. The summed E-state index contributed by atoms with van der Waals surface area (Å²) < 4.78 is 213. The maximum absolute atomic E-state index is 14.4. The largest absolute Gasteiger partial charge is 0.381 e. The number of hydrogen-bond acceptors (Lipinski definition) is 1. The normalized spacial score (nSPS) is 13.0. The van der Waals surface area contributed by atoms with Crippen molar-refractivity contribution in [2.45, 2.75) is 12.8 Å². The van der Waals surface area contributed by atoms with Crippen molar-refractivity contribution in [3.8, 4) is 0 Å². The minimum absolute atomic E-state index is 1.00. The van der Waals surface area contributed by atoms with E-state index in [1.165, 1.54) is 12.8 Å². The monoisotopic (exact) mass is 584 g/mol. The van der Waals surface area contributed by atoms with Gasteiger partial charge in [0.05, 0.1) is 0 Å². The first-order chi connectivity index (χ1) is 18.2. The van der Waals surface area contributed by atoms with Crippen molar-refractivity contribution in [1.29, 1.82) is 0 Å².